The molecule has 2 rings (SSSR count). The predicted molar refractivity (Wildman–Crippen MR) is 50.5 cm³/mol. The molecule has 1 heterocycles. The van der Waals surface area contributed by atoms with Gasteiger partial charge in [0.2, 0.25) is 0 Å². The molecule has 74 valence electrons. The number of rotatable bonds is 1. The Kier molecular flexibility index (Phi) is 2.04. The Hall–Kier alpha value is -1.35. The van der Waals surface area contributed by atoms with E-state index in [1.54, 1.807) is 6.92 Å². The van der Waals surface area contributed by atoms with Crippen LogP contribution in [0.4, 0.5) is 0 Å². The molecule has 1 aliphatic heterocycles. The van der Waals surface area contributed by atoms with E-state index in [0.29, 0.717) is 0 Å². The maximum atomic E-state index is 11.1. The Morgan fingerprint density at radius 2 is 2.07 bits per heavy atom. The lowest BCUT2D eigenvalue weighted by Crippen LogP contribution is -2.27. The summed E-state index contributed by atoms with van der Waals surface area (Å²) in [5.74, 6) is -0.344. The molecule has 0 radical (unpaired) electrons. The van der Waals surface area contributed by atoms with E-state index in [4.69, 9.17) is 4.74 Å². The summed E-state index contributed by atoms with van der Waals surface area (Å²) in [4.78, 5) is 11.1. The smallest absolute Gasteiger partial charge is 0.309 e. The lowest BCUT2D eigenvalue weighted by atomic mass is 9.92. The molecule has 3 heteroatoms. The van der Waals surface area contributed by atoms with Crippen molar-refractivity contribution in [3.63, 3.8) is 0 Å². The van der Waals surface area contributed by atoms with Crippen molar-refractivity contribution in [2.45, 2.75) is 25.0 Å². The van der Waals surface area contributed by atoms with Gasteiger partial charge in [0.15, 0.2) is 6.10 Å². The average molecular weight is 192 g/mol. The summed E-state index contributed by atoms with van der Waals surface area (Å²) in [5.41, 5.74) is -0.248. The highest BCUT2D eigenvalue weighted by molar-refractivity contribution is 5.74. The van der Waals surface area contributed by atoms with E-state index in [0.717, 1.165) is 5.56 Å². The first-order chi connectivity index (χ1) is 6.59. The highest BCUT2D eigenvalue weighted by atomic mass is 16.6. The number of carbonyl (C=O) groups is 1. The van der Waals surface area contributed by atoms with Gasteiger partial charge in [0.1, 0.15) is 5.60 Å². The third-order valence-corrected chi connectivity index (χ3v) is 2.42. The van der Waals surface area contributed by atoms with E-state index in [1.807, 2.05) is 30.3 Å². The van der Waals surface area contributed by atoms with Crippen molar-refractivity contribution < 1.29 is 14.6 Å². The molecule has 0 unspecified atom stereocenters. The number of benzene rings is 1. The fourth-order valence-corrected chi connectivity index (χ4v) is 1.74. The van der Waals surface area contributed by atoms with Gasteiger partial charge in [-0.1, -0.05) is 30.3 Å². The van der Waals surface area contributed by atoms with Crippen molar-refractivity contribution in [2.75, 3.05) is 0 Å². The molecule has 3 nitrogen and oxygen atoms in total. The van der Waals surface area contributed by atoms with Gasteiger partial charge in [0.05, 0.1) is 6.42 Å². The predicted octanol–water partition coefficient (Wildman–Crippen LogP) is 1.43. The van der Waals surface area contributed by atoms with Crippen LogP contribution in [0.25, 0.3) is 0 Å². The average Bonchev–Trinajstić information content (AvgIpc) is 2.41. The molecule has 1 fully saturated rings. The Bertz CT molecular complexity index is 343. The van der Waals surface area contributed by atoms with Crippen LogP contribution in [0.2, 0.25) is 0 Å². The van der Waals surface area contributed by atoms with Crippen molar-refractivity contribution in [2.24, 2.45) is 0 Å². The summed E-state index contributed by atoms with van der Waals surface area (Å²) < 4.78 is 5.07. The number of cyclic esters (lactones) is 1. The van der Waals surface area contributed by atoms with Crippen LogP contribution in [0, 0.1) is 0 Å². The molecule has 0 saturated carbocycles. The van der Waals surface area contributed by atoms with Gasteiger partial charge in [-0.3, -0.25) is 4.79 Å². The zero-order valence-electron chi connectivity index (χ0n) is 7.93. The second-order valence-corrected chi connectivity index (χ2v) is 3.81. The van der Waals surface area contributed by atoms with Gasteiger partial charge in [-0.15, -0.1) is 0 Å². The lowest BCUT2D eigenvalue weighted by Gasteiger charge is -2.22. The SMILES string of the molecule is C[C@]1(O)CC(=O)O[C@H]1c1ccccc1. The van der Waals surface area contributed by atoms with Crippen molar-refractivity contribution in [1.29, 1.82) is 0 Å². The fourth-order valence-electron chi connectivity index (χ4n) is 1.74. The van der Waals surface area contributed by atoms with Crippen molar-refractivity contribution in [1.82, 2.24) is 0 Å². The summed E-state index contributed by atoms with van der Waals surface area (Å²) in [6.45, 7) is 1.62. The molecular formula is C11H12O3. The topological polar surface area (TPSA) is 46.5 Å². The van der Waals surface area contributed by atoms with Crippen molar-refractivity contribution >= 4 is 5.97 Å². The molecule has 1 aliphatic rings. The van der Waals surface area contributed by atoms with E-state index in [9.17, 15) is 9.90 Å². The number of hydrogen-bond acceptors (Lipinski definition) is 3. The summed E-state index contributed by atoms with van der Waals surface area (Å²) in [5, 5.41) is 9.93. The van der Waals surface area contributed by atoms with Crippen LogP contribution in [-0.4, -0.2) is 16.7 Å². The Labute approximate surface area is 82.3 Å². The van der Waals surface area contributed by atoms with Crippen LogP contribution >= 0.6 is 0 Å². The maximum absolute atomic E-state index is 11.1. The maximum Gasteiger partial charge on any atom is 0.309 e. The Morgan fingerprint density at radius 3 is 2.57 bits per heavy atom. The first-order valence-corrected chi connectivity index (χ1v) is 4.56. The Balaban J connectivity index is 2.32. The van der Waals surface area contributed by atoms with Gasteiger partial charge in [-0.2, -0.15) is 0 Å². The third kappa shape index (κ3) is 1.51. The normalized spacial score (nSPS) is 31.6. The van der Waals surface area contributed by atoms with Crippen LogP contribution in [0.15, 0.2) is 30.3 Å². The minimum atomic E-state index is -1.08. The second-order valence-electron chi connectivity index (χ2n) is 3.81. The highest BCUT2D eigenvalue weighted by Crippen LogP contribution is 2.38. The highest BCUT2D eigenvalue weighted by Gasteiger charge is 2.44. The molecule has 14 heavy (non-hydrogen) atoms. The zero-order chi connectivity index (χ0) is 10.2. The molecule has 1 saturated heterocycles. The first-order valence-electron chi connectivity index (χ1n) is 4.56. The third-order valence-electron chi connectivity index (χ3n) is 2.42. The van der Waals surface area contributed by atoms with Crippen LogP contribution in [0.3, 0.4) is 0 Å². The minimum Gasteiger partial charge on any atom is -0.454 e. The van der Waals surface area contributed by atoms with Crippen LogP contribution in [-0.2, 0) is 9.53 Å². The second kappa shape index (κ2) is 3.10. The number of esters is 1. The van der Waals surface area contributed by atoms with Gasteiger partial charge in [0.25, 0.3) is 0 Å². The van der Waals surface area contributed by atoms with Gasteiger partial charge in [0, 0.05) is 0 Å². The summed E-state index contributed by atoms with van der Waals surface area (Å²) in [6.07, 6.45) is -0.469. The van der Waals surface area contributed by atoms with Gasteiger partial charge >= 0.3 is 5.97 Å². The van der Waals surface area contributed by atoms with Gasteiger partial charge < -0.3 is 9.84 Å². The minimum absolute atomic E-state index is 0.0621. The van der Waals surface area contributed by atoms with E-state index >= 15 is 0 Å². The first kappa shape index (κ1) is 9.21. The number of carbonyl (C=O) groups excluding carboxylic acids is 1. The molecule has 1 N–H and O–H groups in total. The number of hydrogen-bond donors (Lipinski definition) is 1. The van der Waals surface area contributed by atoms with Crippen LogP contribution in [0.1, 0.15) is 25.0 Å². The molecule has 1 aromatic carbocycles. The van der Waals surface area contributed by atoms with Crippen LogP contribution in [0.5, 0.6) is 0 Å². The number of aliphatic hydroxyl groups is 1. The van der Waals surface area contributed by atoms with Gasteiger partial charge in [-0.05, 0) is 12.5 Å². The lowest BCUT2D eigenvalue weighted by molar-refractivity contribution is -0.142. The molecule has 0 aliphatic carbocycles. The zero-order valence-corrected chi connectivity index (χ0v) is 7.93. The summed E-state index contributed by atoms with van der Waals surface area (Å²) in [7, 11) is 0. The Morgan fingerprint density at radius 1 is 1.43 bits per heavy atom. The van der Waals surface area contributed by atoms with Gasteiger partial charge in [-0.25, -0.2) is 0 Å². The van der Waals surface area contributed by atoms with Crippen molar-refractivity contribution in [3.8, 4) is 0 Å². The molecule has 0 aromatic heterocycles. The quantitative estimate of drug-likeness (QED) is 0.684. The van der Waals surface area contributed by atoms with Crippen molar-refractivity contribution in [3.05, 3.63) is 35.9 Å². The van der Waals surface area contributed by atoms with E-state index in [-0.39, 0.29) is 12.4 Å². The largest absolute Gasteiger partial charge is 0.454 e. The van der Waals surface area contributed by atoms with E-state index in [2.05, 4.69) is 0 Å². The summed E-state index contributed by atoms with van der Waals surface area (Å²) >= 11 is 0. The molecule has 0 spiro atoms. The molecule has 0 bridgehead atoms. The monoisotopic (exact) mass is 192 g/mol. The van der Waals surface area contributed by atoms with E-state index in [1.165, 1.54) is 0 Å². The van der Waals surface area contributed by atoms with E-state index < -0.39 is 11.7 Å². The molecule has 1 aromatic rings. The standard InChI is InChI=1S/C11H12O3/c1-11(13)7-9(12)14-10(11)8-5-3-2-4-6-8/h2-6,10,13H,7H2,1H3/t10-,11-/m0/s1. The number of ether oxygens (including phenoxy) is 1. The molecule has 0 amide bonds. The molecule has 2 atom stereocenters. The molecular weight excluding hydrogens is 180 g/mol. The van der Waals surface area contributed by atoms with Crippen LogP contribution < -0.4 is 0 Å². The summed E-state index contributed by atoms with van der Waals surface area (Å²) in [6, 6.07) is 9.29. The fraction of sp³-hybridized carbons (Fsp3) is 0.364.